The summed E-state index contributed by atoms with van der Waals surface area (Å²) in [7, 11) is 1.31. The molecule has 0 heterocycles. The number of hydrazine groups is 1. The minimum Gasteiger partial charge on any atom is -0.465 e. The molecule has 0 saturated carbocycles. The molecule has 43 heteroatoms. The van der Waals surface area contributed by atoms with Crippen molar-refractivity contribution < 1.29 is 138 Å². The zero-order valence-electron chi connectivity index (χ0n) is 55.1. The van der Waals surface area contributed by atoms with Crippen LogP contribution in [0.3, 0.4) is 0 Å². The standard InChI is InChI=1S/C55H88N10O29S4/c1-38(66)83-18-10-62(11-19-84-39(2)67)30-46(74)95-26-6-42(70)91-34-55(35-92-43(71)7-27-96-47(75)31-63(12-20-85-40(3)68)14-22-87-50(56)78,37-94-45(73)9-29-98-49(77)33-65(15-23-88-51(57)79)16-24-89-52(58)80)36-93-44(72)8-28-97-48(76)32-64(13-21-86-41(4)69)17-25-90-54(82)61-60-53(81)59-5/h6-37H2,1-5H3,(H2,56,78)(H2,57,79)(H2,58,80)(H,61,82)(H2,59,60,81). The van der Waals surface area contributed by atoms with E-state index in [-0.39, 0.29) is 154 Å². The molecule has 0 fully saturated rings. The number of nitrogens with one attached hydrogen (secondary N) is 3. The number of carbonyl (C=O) groups excluding carboxylic acids is 17. The van der Waals surface area contributed by atoms with Crippen LogP contribution in [0.4, 0.5) is 24.0 Å². The van der Waals surface area contributed by atoms with Crippen LogP contribution in [-0.4, -0.2) is 306 Å². The molecular formula is C55H88N10O29S4. The first kappa shape index (κ1) is 90.0. The van der Waals surface area contributed by atoms with E-state index in [1.165, 1.54) is 49.4 Å². The van der Waals surface area contributed by atoms with Gasteiger partial charge in [-0.2, -0.15) is 0 Å². The highest BCUT2D eigenvalue weighted by molar-refractivity contribution is 8.14. The SMILES string of the molecule is CNC(=O)NNC(=O)OCCN(CCOC(C)=O)CC(=O)SCCC(=O)OCC(COC(=O)CCSC(=O)CN(CCOC(C)=O)CCOC(C)=O)(COC(=O)CCSC(=O)CN(CCOC(C)=O)CCOC(N)=O)COC(=O)CCSC(=O)CN(CCOC(N)=O)CCOC(N)=O. The number of primary amides is 3. The molecule has 0 aromatic heterocycles. The third kappa shape index (κ3) is 54.1. The van der Waals surface area contributed by atoms with Gasteiger partial charge >= 0.3 is 78.2 Å². The second kappa shape index (κ2) is 55.0. The summed E-state index contributed by atoms with van der Waals surface area (Å²) < 4.78 is 61.6. The highest BCUT2D eigenvalue weighted by Gasteiger charge is 2.38. The lowest BCUT2D eigenvalue weighted by Crippen LogP contribution is -2.46. The molecule has 0 spiro atoms. The van der Waals surface area contributed by atoms with Crippen LogP contribution in [0.15, 0.2) is 0 Å². The largest absolute Gasteiger partial charge is 0.465 e. The van der Waals surface area contributed by atoms with Crippen molar-refractivity contribution in [2.24, 2.45) is 22.6 Å². The summed E-state index contributed by atoms with van der Waals surface area (Å²) in [6.45, 7) is -0.858. The molecule has 0 aliphatic rings. The maximum absolute atomic E-state index is 13.5. The van der Waals surface area contributed by atoms with Gasteiger partial charge in [-0.3, -0.25) is 77.1 Å². The van der Waals surface area contributed by atoms with Gasteiger partial charge in [0.2, 0.25) is 20.5 Å². The van der Waals surface area contributed by atoms with E-state index in [1.54, 1.807) is 4.90 Å². The maximum Gasteiger partial charge on any atom is 0.426 e. The number of rotatable bonds is 52. The first-order valence-corrected chi connectivity index (χ1v) is 33.7. The Morgan fingerprint density at radius 3 is 0.765 bits per heavy atom. The highest BCUT2D eigenvalue weighted by Crippen LogP contribution is 2.24. The van der Waals surface area contributed by atoms with E-state index in [2.05, 4.69) is 5.32 Å². The van der Waals surface area contributed by atoms with Crippen molar-refractivity contribution in [1.82, 2.24) is 35.8 Å². The van der Waals surface area contributed by atoms with Gasteiger partial charge in [0.25, 0.3) is 0 Å². The fourth-order valence-electron chi connectivity index (χ4n) is 7.03. The van der Waals surface area contributed by atoms with Crippen LogP contribution in [0.2, 0.25) is 0 Å². The van der Waals surface area contributed by atoms with Gasteiger partial charge in [-0.05, 0) is 0 Å². The summed E-state index contributed by atoms with van der Waals surface area (Å²) in [6, 6.07) is -0.740. The van der Waals surface area contributed by atoms with Gasteiger partial charge in [0, 0.05) is 110 Å². The second-order valence-corrected chi connectivity index (χ2v) is 24.6. The molecule has 0 aromatic carbocycles. The first-order chi connectivity index (χ1) is 46.4. The quantitative estimate of drug-likeness (QED) is 0.0219. The van der Waals surface area contributed by atoms with E-state index < -0.39 is 156 Å². The topological polar surface area (TPSA) is 528 Å². The molecule has 0 saturated heterocycles. The molecule has 0 bridgehead atoms. The van der Waals surface area contributed by atoms with E-state index in [9.17, 15) is 81.5 Å². The van der Waals surface area contributed by atoms with E-state index in [0.717, 1.165) is 11.8 Å². The zero-order chi connectivity index (χ0) is 73.7. The van der Waals surface area contributed by atoms with Gasteiger partial charge in [-0.25, -0.2) is 34.8 Å². The average Bonchev–Trinajstić information content (AvgIpc) is 0.864. The van der Waals surface area contributed by atoms with Crippen molar-refractivity contribution in [1.29, 1.82) is 0 Å². The van der Waals surface area contributed by atoms with Gasteiger partial charge in [0.05, 0.1) is 51.9 Å². The van der Waals surface area contributed by atoms with Crippen molar-refractivity contribution in [2.75, 3.05) is 188 Å². The highest BCUT2D eigenvalue weighted by atomic mass is 32.2. The molecule has 0 radical (unpaired) electrons. The number of nitrogens with zero attached hydrogens (tertiary/aromatic N) is 4. The number of esters is 8. The Morgan fingerprint density at radius 1 is 0.327 bits per heavy atom. The molecule has 1 atom stereocenters. The summed E-state index contributed by atoms with van der Waals surface area (Å²) in [4.78, 5) is 215. The van der Waals surface area contributed by atoms with Crippen LogP contribution in [0.25, 0.3) is 0 Å². The fourth-order valence-corrected chi connectivity index (χ4v) is 10.1. The Hall–Kier alpha value is -7.97. The van der Waals surface area contributed by atoms with Gasteiger partial charge in [-0.15, -0.1) is 0 Å². The van der Waals surface area contributed by atoms with Crippen LogP contribution in [0, 0.1) is 5.41 Å². The number of nitrogens with two attached hydrogens (primary N) is 3. The average molecular weight is 1480 g/mol. The smallest absolute Gasteiger partial charge is 0.426 e. The van der Waals surface area contributed by atoms with Gasteiger partial charge in [-0.1, -0.05) is 47.0 Å². The lowest BCUT2D eigenvalue weighted by Gasteiger charge is -2.31. The molecule has 556 valence electrons. The van der Waals surface area contributed by atoms with Gasteiger partial charge in [0.15, 0.2) is 0 Å². The normalized spacial score (nSPS) is 11.4. The predicted molar refractivity (Wildman–Crippen MR) is 346 cm³/mol. The second-order valence-electron chi connectivity index (χ2n) is 20.0. The molecule has 98 heavy (non-hydrogen) atoms. The molecule has 0 aliphatic heterocycles. The van der Waals surface area contributed by atoms with Gasteiger partial charge in [0.1, 0.15) is 84.7 Å². The summed E-state index contributed by atoms with van der Waals surface area (Å²) >= 11 is 2.81. The third-order valence-corrected chi connectivity index (χ3v) is 15.2. The lowest BCUT2D eigenvalue weighted by molar-refractivity contribution is -0.170. The zero-order valence-corrected chi connectivity index (χ0v) is 58.4. The van der Waals surface area contributed by atoms with Crippen LogP contribution in [-0.2, 0) is 114 Å². The molecule has 39 nitrogen and oxygen atoms in total. The minimum absolute atomic E-state index is 0.00392. The van der Waals surface area contributed by atoms with Crippen molar-refractivity contribution in [3.8, 4) is 0 Å². The monoisotopic (exact) mass is 1480 g/mol. The van der Waals surface area contributed by atoms with Crippen molar-refractivity contribution in [2.45, 2.75) is 53.4 Å². The summed E-state index contributed by atoms with van der Waals surface area (Å²) in [5, 5.41) is 0.287. The predicted octanol–water partition coefficient (Wildman–Crippen LogP) is -1.94. The van der Waals surface area contributed by atoms with Crippen molar-refractivity contribution in [3.63, 3.8) is 0 Å². The fraction of sp³-hybridized carbons (Fsp3) is 0.691. The first-order valence-electron chi connectivity index (χ1n) is 29.8. The third-order valence-electron chi connectivity index (χ3n) is 11.8. The molecule has 0 aliphatic carbocycles. The summed E-state index contributed by atoms with van der Waals surface area (Å²) in [5.41, 5.74) is 17.2. The molecule has 0 aromatic rings. The maximum atomic E-state index is 13.5. The van der Waals surface area contributed by atoms with Crippen LogP contribution in [0.5, 0.6) is 0 Å². The Kier molecular flexibility index (Phi) is 50.5. The Bertz CT molecular complexity index is 2360. The molecular weight excluding hydrogens is 1390 g/mol. The summed E-state index contributed by atoms with van der Waals surface area (Å²) in [5.74, 6) is -6.89. The molecule has 0 rings (SSSR count). The molecule has 6 amide bonds. The van der Waals surface area contributed by atoms with Gasteiger partial charge < -0.3 is 79.4 Å². The van der Waals surface area contributed by atoms with Crippen LogP contribution < -0.4 is 33.4 Å². The number of thioether (sulfide) groups is 4. The van der Waals surface area contributed by atoms with E-state index >= 15 is 0 Å². The summed E-state index contributed by atoms with van der Waals surface area (Å²) in [6.07, 6.45) is -6.04. The lowest BCUT2D eigenvalue weighted by atomic mass is 9.92. The number of urea groups is 1. The van der Waals surface area contributed by atoms with E-state index in [1.807, 2.05) is 10.9 Å². The van der Waals surface area contributed by atoms with E-state index in [0.29, 0.717) is 35.3 Å². The minimum atomic E-state index is -1.94. The Morgan fingerprint density at radius 2 is 0.551 bits per heavy atom. The number of carbonyl (C=O) groups is 17. The van der Waals surface area contributed by atoms with Crippen molar-refractivity contribution >= 4 is 146 Å². The van der Waals surface area contributed by atoms with Crippen LogP contribution in [0.1, 0.15) is 53.4 Å². The Labute approximate surface area is 581 Å². The van der Waals surface area contributed by atoms with Crippen molar-refractivity contribution in [3.05, 3.63) is 0 Å². The number of amides is 6. The number of ether oxygens (including phenoxy) is 12. The number of hydrogen-bond donors (Lipinski definition) is 6. The Balaban J connectivity index is 6.82. The molecule has 1 unspecified atom stereocenters. The van der Waals surface area contributed by atoms with Crippen LogP contribution >= 0.6 is 47.0 Å². The van der Waals surface area contributed by atoms with E-state index in [4.69, 9.17) is 74.0 Å². The molecule has 9 N–H and O–H groups in total. The number of hydrogen-bond acceptors (Lipinski definition) is 37.